The highest BCUT2D eigenvalue weighted by atomic mass is 32.1. The first-order chi connectivity index (χ1) is 9.95. The number of rotatable bonds is 4. The molecule has 1 heterocycles. The lowest BCUT2D eigenvalue weighted by Gasteiger charge is -2.04. The molecule has 1 aromatic heterocycles. The molecular formula is C13H10N2O5S. The van der Waals surface area contributed by atoms with Crippen LogP contribution in [0, 0.1) is 10.1 Å². The molecule has 21 heavy (non-hydrogen) atoms. The summed E-state index contributed by atoms with van der Waals surface area (Å²) in [6.45, 7) is 1.39. The molecule has 2 rings (SSSR count). The number of amides is 1. The summed E-state index contributed by atoms with van der Waals surface area (Å²) in [5.74, 6) is -0.587. The van der Waals surface area contributed by atoms with Gasteiger partial charge in [-0.2, -0.15) is 0 Å². The van der Waals surface area contributed by atoms with Crippen LogP contribution < -0.4 is 10.1 Å². The van der Waals surface area contributed by atoms with E-state index in [1.54, 1.807) is 12.1 Å². The van der Waals surface area contributed by atoms with Gasteiger partial charge < -0.3 is 10.1 Å². The van der Waals surface area contributed by atoms with Gasteiger partial charge in [-0.15, -0.1) is 0 Å². The van der Waals surface area contributed by atoms with Crippen molar-refractivity contribution in [3.8, 4) is 5.75 Å². The van der Waals surface area contributed by atoms with Gasteiger partial charge in [-0.25, -0.2) is 4.79 Å². The van der Waals surface area contributed by atoms with Crippen LogP contribution in [0.25, 0.3) is 0 Å². The number of nitrogens with zero attached hydrogens (tertiary/aromatic N) is 1. The van der Waals surface area contributed by atoms with Crippen LogP contribution in [-0.2, 0) is 4.79 Å². The van der Waals surface area contributed by atoms with Crippen molar-refractivity contribution in [3.05, 3.63) is 51.4 Å². The molecule has 1 aromatic carbocycles. The van der Waals surface area contributed by atoms with Gasteiger partial charge in [-0.05, 0) is 30.3 Å². The number of ether oxygens (including phenoxy) is 1. The molecule has 0 fully saturated rings. The molecule has 0 saturated carbocycles. The maximum atomic E-state index is 11.8. The normalized spacial score (nSPS) is 9.95. The zero-order chi connectivity index (χ0) is 15.4. The molecule has 0 unspecified atom stereocenters. The summed E-state index contributed by atoms with van der Waals surface area (Å²) >= 11 is 0.749. The minimum Gasteiger partial charge on any atom is -0.422 e. The number of hydrogen-bond donors (Lipinski definition) is 1. The fourth-order valence-corrected chi connectivity index (χ4v) is 2.20. The molecule has 0 saturated heterocycles. The molecule has 0 atom stereocenters. The summed E-state index contributed by atoms with van der Waals surface area (Å²) in [5, 5.41) is 13.0. The van der Waals surface area contributed by atoms with Crippen LogP contribution in [0.4, 0.5) is 10.7 Å². The second-order valence-electron chi connectivity index (χ2n) is 3.99. The van der Waals surface area contributed by atoms with Crippen molar-refractivity contribution in [1.29, 1.82) is 0 Å². The van der Waals surface area contributed by atoms with Gasteiger partial charge in [-0.3, -0.25) is 14.9 Å². The molecule has 0 aliphatic rings. The summed E-state index contributed by atoms with van der Waals surface area (Å²) in [6.07, 6.45) is 0. The summed E-state index contributed by atoms with van der Waals surface area (Å²) in [5.41, 5.74) is 0.578. The Kier molecular flexibility index (Phi) is 4.29. The molecule has 7 nitrogen and oxygen atoms in total. The van der Waals surface area contributed by atoms with E-state index in [1.807, 2.05) is 0 Å². The van der Waals surface area contributed by atoms with Crippen LogP contribution in [0.3, 0.4) is 0 Å². The Morgan fingerprint density at radius 3 is 2.38 bits per heavy atom. The number of thiophene rings is 1. The van der Waals surface area contributed by atoms with Crippen LogP contribution in [0.1, 0.15) is 16.6 Å². The van der Waals surface area contributed by atoms with Crippen LogP contribution in [0.5, 0.6) is 5.75 Å². The molecule has 108 valence electrons. The summed E-state index contributed by atoms with van der Waals surface area (Å²) in [6, 6.07) is 8.80. The third-order valence-corrected chi connectivity index (χ3v) is 3.38. The number of benzene rings is 1. The Hall–Kier alpha value is -2.74. The number of nitrogens with one attached hydrogen (secondary N) is 1. The maximum Gasteiger partial charge on any atom is 0.353 e. The van der Waals surface area contributed by atoms with Crippen LogP contribution in [0.15, 0.2) is 36.4 Å². The first-order valence-electron chi connectivity index (χ1n) is 5.80. The average Bonchev–Trinajstić information content (AvgIpc) is 2.90. The molecule has 1 amide bonds. The average molecular weight is 306 g/mol. The van der Waals surface area contributed by atoms with Gasteiger partial charge in [0.05, 0.1) is 4.92 Å². The smallest absolute Gasteiger partial charge is 0.353 e. The summed E-state index contributed by atoms with van der Waals surface area (Å²) in [4.78, 5) is 32.8. The van der Waals surface area contributed by atoms with Crippen LogP contribution in [0.2, 0.25) is 0 Å². The van der Waals surface area contributed by atoms with Crippen molar-refractivity contribution in [2.24, 2.45) is 0 Å². The molecule has 0 aliphatic carbocycles. The zero-order valence-corrected chi connectivity index (χ0v) is 11.7. The zero-order valence-electron chi connectivity index (χ0n) is 10.9. The minimum atomic E-state index is -0.666. The number of carbonyl (C=O) groups is 2. The Bertz CT molecular complexity index is 693. The van der Waals surface area contributed by atoms with Crippen LogP contribution in [-0.4, -0.2) is 16.8 Å². The Morgan fingerprint density at radius 2 is 1.86 bits per heavy atom. The third kappa shape index (κ3) is 3.86. The molecule has 0 spiro atoms. The highest BCUT2D eigenvalue weighted by Crippen LogP contribution is 2.25. The second-order valence-corrected chi connectivity index (χ2v) is 5.05. The first-order valence-corrected chi connectivity index (χ1v) is 6.61. The van der Waals surface area contributed by atoms with Gasteiger partial charge in [0.15, 0.2) is 0 Å². The lowest BCUT2D eigenvalue weighted by Crippen LogP contribution is -2.07. The van der Waals surface area contributed by atoms with E-state index in [1.165, 1.54) is 31.2 Å². The van der Waals surface area contributed by atoms with E-state index in [9.17, 15) is 19.7 Å². The van der Waals surface area contributed by atoms with Crippen molar-refractivity contribution >= 4 is 33.9 Å². The van der Waals surface area contributed by atoms with Gasteiger partial charge in [0.1, 0.15) is 10.6 Å². The monoisotopic (exact) mass is 306 g/mol. The van der Waals surface area contributed by atoms with E-state index >= 15 is 0 Å². The van der Waals surface area contributed by atoms with Crippen molar-refractivity contribution < 1.29 is 19.2 Å². The lowest BCUT2D eigenvalue weighted by molar-refractivity contribution is -0.380. The predicted molar refractivity (Wildman–Crippen MR) is 76.7 cm³/mol. The van der Waals surface area contributed by atoms with E-state index in [0.29, 0.717) is 5.69 Å². The number of carbonyl (C=O) groups excluding carboxylic acids is 2. The Balaban J connectivity index is 2.04. The highest BCUT2D eigenvalue weighted by molar-refractivity contribution is 7.17. The summed E-state index contributed by atoms with van der Waals surface area (Å²) < 4.78 is 5.09. The van der Waals surface area contributed by atoms with E-state index in [-0.39, 0.29) is 21.5 Å². The molecule has 1 N–H and O–H groups in total. The van der Waals surface area contributed by atoms with Crippen molar-refractivity contribution in [3.63, 3.8) is 0 Å². The molecular weight excluding hydrogens is 296 g/mol. The van der Waals surface area contributed by atoms with Crippen molar-refractivity contribution in [1.82, 2.24) is 0 Å². The number of esters is 1. The minimum absolute atomic E-state index is 0.122. The largest absolute Gasteiger partial charge is 0.422 e. The summed E-state index contributed by atoms with van der Waals surface area (Å²) in [7, 11) is 0. The number of anilines is 1. The Labute approximate surface area is 123 Å². The highest BCUT2D eigenvalue weighted by Gasteiger charge is 2.16. The molecule has 2 aromatic rings. The predicted octanol–water partition coefficient (Wildman–Crippen LogP) is 2.83. The van der Waals surface area contributed by atoms with E-state index in [4.69, 9.17) is 4.74 Å². The van der Waals surface area contributed by atoms with Gasteiger partial charge in [-0.1, -0.05) is 11.3 Å². The lowest BCUT2D eigenvalue weighted by atomic mass is 10.3. The fourth-order valence-electron chi connectivity index (χ4n) is 1.50. The SMILES string of the molecule is CC(=O)Nc1ccc(OC(=O)c2ccc([N+](=O)[O-])s2)cc1. The molecule has 0 radical (unpaired) electrons. The first kappa shape index (κ1) is 14.7. The fraction of sp³-hybridized carbons (Fsp3) is 0.0769. The second kappa shape index (κ2) is 6.14. The Morgan fingerprint density at radius 1 is 1.19 bits per heavy atom. The van der Waals surface area contributed by atoms with E-state index < -0.39 is 10.9 Å². The van der Waals surface area contributed by atoms with Crippen molar-refractivity contribution in [2.45, 2.75) is 6.92 Å². The molecule has 8 heteroatoms. The number of nitro groups is 1. The topological polar surface area (TPSA) is 98.5 Å². The molecule has 0 bridgehead atoms. The standard InChI is InChI=1S/C13H10N2O5S/c1-8(16)14-9-2-4-10(5-3-9)20-13(17)11-6-7-12(21-11)15(18)19/h2-7H,1H3,(H,14,16). The maximum absolute atomic E-state index is 11.8. The van der Waals surface area contributed by atoms with E-state index in [0.717, 1.165) is 11.3 Å². The quantitative estimate of drug-likeness (QED) is 0.405. The van der Waals surface area contributed by atoms with Gasteiger partial charge in [0.25, 0.3) is 0 Å². The van der Waals surface area contributed by atoms with Gasteiger partial charge in [0, 0.05) is 18.7 Å². The van der Waals surface area contributed by atoms with Gasteiger partial charge >= 0.3 is 11.0 Å². The van der Waals surface area contributed by atoms with E-state index in [2.05, 4.69) is 5.32 Å². The van der Waals surface area contributed by atoms with Crippen molar-refractivity contribution in [2.75, 3.05) is 5.32 Å². The number of hydrogen-bond acceptors (Lipinski definition) is 6. The van der Waals surface area contributed by atoms with Gasteiger partial charge in [0.2, 0.25) is 5.91 Å². The van der Waals surface area contributed by atoms with Crippen LogP contribution >= 0.6 is 11.3 Å². The molecule has 0 aliphatic heterocycles. The third-order valence-electron chi connectivity index (χ3n) is 2.36.